The Balaban J connectivity index is 0.631. The van der Waals surface area contributed by atoms with Crippen LogP contribution in [0.1, 0.15) is 141 Å². The topological polar surface area (TPSA) is 229 Å². The number of piperazine rings is 1. The van der Waals surface area contributed by atoms with Crippen molar-refractivity contribution in [1.82, 2.24) is 40.5 Å². The fourth-order valence-electron chi connectivity index (χ4n) is 11.4. The number of piperidine rings is 1. The fourth-order valence-corrected chi connectivity index (χ4v) is 12.2. The molecule has 3 aromatic carbocycles. The van der Waals surface area contributed by atoms with Crippen LogP contribution in [0.25, 0.3) is 21.7 Å². The predicted molar refractivity (Wildman–Crippen MR) is 326 cm³/mol. The lowest BCUT2D eigenvalue weighted by molar-refractivity contribution is -0.144. The molecule has 0 bridgehead atoms. The van der Waals surface area contributed by atoms with Gasteiger partial charge in [-0.25, -0.2) is 4.98 Å². The molecule has 0 radical (unpaired) electrons. The van der Waals surface area contributed by atoms with Gasteiger partial charge in [-0.1, -0.05) is 109 Å². The SMILES string of the molecule is Cc1ncsc1-c1ccc([C@H](C)NC(=O)[C@@H]2C[C@@H](O)CN2C(=O)[C@@H](NC(=O)CCCCCCCCCCCCC(=O)N2CCN(CCOc3ccc(N4CCCC(Oc5cc(-c6ccccc6O)nnc5N)C4)cc3)CC2)C(C)(C)C)cc1. The first-order valence-corrected chi connectivity index (χ1v) is 31.0. The van der Waals surface area contributed by atoms with Crippen LogP contribution in [0.3, 0.4) is 0 Å². The van der Waals surface area contributed by atoms with Gasteiger partial charge in [0, 0.05) is 82.4 Å². The van der Waals surface area contributed by atoms with Gasteiger partial charge < -0.3 is 50.8 Å². The number of thiazole rings is 1. The standard InChI is InChI=1S/C64H88N10O8S/c1-44(46-24-26-47(27-25-46)59-45(2)66-43-83-59)67-62(79)54-39-49(75)41-74(54)63(80)60(64(3,4)5)68-57(77)22-14-12-10-8-6-7-9-11-13-15-23-58(78)72-35-33-71(34-36-72)37-38-81-50-30-28-48(29-31-50)73-32-18-19-51(42-73)82-56-40-53(69-70-61(56)65)52-20-16-17-21-55(52)76/h16-17,20-21,24-31,40,43-44,49,51,54,60,75-76H,6-15,18-19,22-23,32-39,41-42H2,1-5H3,(H2,65,70)(H,67,79)(H,68,77)/t44-,49+,51?,54-,60+/m0/s1. The van der Waals surface area contributed by atoms with Crippen molar-refractivity contribution >= 4 is 46.5 Å². The number of carbonyl (C=O) groups is 4. The molecule has 18 nitrogen and oxygen atoms in total. The first-order valence-electron chi connectivity index (χ1n) is 30.2. The number of rotatable bonds is 27. The van der Waals surface area contributed by atoms with Crippen molar-refractivity contribution in [3.05, 3.63) is 95.6 Å². The van der Waals surface area contributed by atoms with Gasteiger partial charge in [-0.3, -0.25) is 24.1 Å². The number of anilines is 2. The maximum atomic E-state index is 14.1. The summed E-state index contributed by atoms with van der Waals surface area (Å²) < 4.78 is 12.5. The second kappa shape index (κ2) is 30.1. The van der Waals surface area contributed by atoms with Crippen molar-refractivity contribution in [2.45, 2.75) is 161 Å². The first kappa shape index (κ1) is 62.2. The van der Waals surface area contributed by atoms with E-state index >= 15 is 0 Å². The summed E-state index contributed by atoms with van der Waals surface area (Å²) >= 11 is 1.59. The molecule has 5 heterocycles. The van der Waals surface area contributed by atoms with Crippen molar-refractivity contribution in [2.24, 2.45) is 5.41 Å². The third-order valence-electron chi connectivity index (χ3n) is 16.3. The van der Waals surface area contributed by atoms with Crippen molar-refractivity contribution in [3.63, 3.8) is 0 Å². The van der Waals surface area contributed by atoms with Gasteiger partial charge in [0.2, 0.25) is 23.6 Å². The Hall–Kier alpha value is -6.83. The third-order valence-corrected chi connectivity index (χ3v) is 17.3. The number of aliphatic hydroxyl groups is 1. The van der Waals surface area contributed by atoms with E-state index in [9.17, 15) is 29.4 Å². The van der Waals surface area contributed by atoms with Crippen LogP contribution in [0.4, 0.5) is 11.5 Å². The number of nitrogens with two attached hydrogens (primary N) is 1. The number of phenols is 1. The monoisotopic (exact) mass is 1160 g/mol. The molecule has 83 heavy (non-hydrogen) atoms. The maximum absolute atomic E-state index is 14.1. The molecule has 1 unspecified atom stereocenters. The quantitative estimate of drug-likeness (QED) is 0.0309. The summed E-state index contributed by atoms with van der Waals surface area (Å²) in [5, 5.41) is 35.3. The van der Waals surface area contributed by atoms with Crippen LogP contribution in [0.2, 0.25) is 0 Å². The maximum Gasteiger partial charge on any atom is 0.246 e. The summed E-state index contributed by atoms with van der Waals surface area (Å²) in [5.41, 5.74) is 12.5. The molecule has 3 saturated heterocycles. The van der Waals surface area contributed by atoms with Crippen molar-refractivity contribution in [3.8, 4) is 38.9 Å². The minimum Gasteiger partial charge on any atom is -0.507 e. The zero-order valence-electron chi connectivity index (χ0n) is 49.4. The molecule has 4 amide bonds. The summed E-state index contributed by atoms with van der Waals surface area (Å²) in [7, 11) is 0. The Morgan fingerprint density at radius 2 is 1.49 bits per heavy atom. The molecule has 8 rings (SSSR count). The largest absolute Gasteiger partial charge is 0.507 e. The van der Waals surface area contributed by atoms with E-state index in [1.165, 1.54) is 4.90 Å². The fraction of sp³-hybridized carbons (Fsp3) is 0.547. The zero-order valence-corrected chi connectivity index (χ0v) is 50.2. The van der Waals surface area contributed by atoms with Crippen LogP contribution < -0.4 is 30.7 Å². The van der Waals surface area contributed by atoms with Crippen LogP contribution in [-0.4, -0.2) is 147 Å². The number of nitrogens with zero attached hydrogens (tertiary/aromatic N) is 7. The van der Waals surface area contributed by atoms with E-state index in [1.54, 1.807) is 35.6 Å². The van der Waals surface area contributed by atoms with Gasteiger partial charge in [0.25, 0.3) is 0 Å². The molecule has 2 aromatic heterocycles. The average Bonchev–Trinajstić information content (AvgIpc) is 4.33. The Labute approximate surface area is 494 Å². The number of ether oxygens (including phenoxy) is 2. The smallest absolute Gasteiger partial charge is 0.246 e. The second-order valence-electron chi connectivity index (χ2n) is 23.8. The van der Waals surface area contributed by atoms with Crippen molar-refractivity contribution in [2.75, 3.05) is 69.6 Å². The number of amides is 4. The normalized spacial score (nSPS) is 18.4. The minimum atomic E-state index is -0.848. The second-order valence-corrected chi connectivity index (χ2v) is 24.7. The number of aliphatic hydroxyl groups excluding tert-OH is 1. The molecule has 5 atom stereocenters. The number of hydrogen-bond acceptors (Lipinski definition) is 15. The molecule has 19 heteroatoms. The number of unbranched alkanes of at least 4 members (excludes halogenated alkanes) is 9. The number of likely N-dealkylation sites (tertiary alicyclic amines) is 1. The summed E-state index contributed by atoms with van der Waals surface area (Å²) in [6.07, 6.45) is 12.4. The van der Waals surface area contributed by atoms with Gasteiger partial charge in [0.1, 0.15) is 42.0 Å². The molecule has 0 aliphatic carbocycles. The molecular weight excluding hydrogens is 1070 g/mol. The Morgan fingerprint density at radius 3 is 2.16 bits per heavy atom. The molecule has 5 aromatic rings. The number of aromatic nitrogens is 3. The third kappa shape index (κ3) is 17.8. The van der Waals surface area contributed by atoms with Crippen LogP contribution in [-0.2, 0) is 19.2 Å². The average molecular weight is 1160 g/mol. The van der Waals surface area contributed by atoms with Crippen LogP contribution in [0.5, 0.6) is 17.2 Å². The summed E-state index contributed by atoms with van der Waals surface area (Å²) in [6.45, 7) is 15.8. The number of aryl methyl sites for hydroxylation is 1. The highest BCUT2D eigenvalue weighted by atomic mass is 32.1. The molecule has 6 N–H and O–H groups in total. The molecular formula is C64H88N10O8S. The van der Waals surface area contributed by atoms with Crippen LogP contribution in [0.15, 0.2) is 84.4 Å². The predicted octanol–water partition coefficient (Wildman–Crippen LogP) is 9.49. The summed E-state index contributed by atoms with van der Waals surface area (Å²) in [5.74, 6) is 1.01. The van der Waals surface area contributed by atoms with E-state index in [-0.39, 0.29) is 60.3 Å². The van der Waals surface area contributed by atoms with Gasteiger partial charge in [0.15, 0.2) is 11.6 Å². The number of hydrogen-bond donors (Lipinski definition) is 5. The van der Waals surface area contributed by atoms with E-state index in [0.717, 1.165) is 149 Å². The highest BCUT2D eigenvalue weighted by molar-refractivity contribution is 7.13. The number of benzene rings is 3. The molecule has 3 aliphatic rings. The molecule has 0 spiro atoms. The minimum absolute atomic E-state index is 0.0328. The van der Waals surface area contributed by atoms with Gasteiger partial charge >= 0.3 is 0 Å². The number of β-amino-alcohol motifs (C(OH)–C–C–N with tert-alkyl or cyclic N) is 1. The van der Waals surface area contributed by atoms with E-state index < -0.39 is 23.6 Å². The molecule has 448 valence electrons. The van der Waals surface area contributed by atoms with Crippen molar-refractivity contribution in [1.29, 1.82) is 0 Å². The lowest BCUT2D eigenvalue weighted by Crippen LogP contribution is -2.57. The van der Waals surface area contributed by atoms with E-state index in [0.29, 0.717) is 43.0 Å². The van der Waals surface area contributed by atoms with Crippen LogP contribution >= 0.6 is 11.3 Å². The highest BCUT2D eigenvalue weighted by Crippen LogP contribution is 2.34. The van der Waals surface area contributed by atoms with Gasteiger partial charge in [0.05, 0.1) is 34.8 Å². The number of nitrogen functional groups attached to an aromatic ring is 1. The Bertz CT molecular complexity index is 2890. The number of carbonyl (C=O) groups excluding carboxylic acids is 4. The lowest BCUT2D eigenvalue weighted by atomic mass is 9.85. The van der Waals surface area contributed by atoms with E-state index in [2.05, 4.69) is 47.7 Å². The van der Waals surface area contributed by atoms with Gasteiger partial charge in [-0.15, -0.1) is 21.5 Å². The number of aromatic hydroxyl groups is 1. The molecule has 3 fully saturated rings. The number of nitrogens with one attached hydrogen (secondary N) is 2. The zero-order chi connectivity index (χ0) is 58.9. The molecule has 0 saturated carbocycles. The van der Waals surface area contributed by atoms with Crippen LogP contribution in [0, 0.1) is 12.3 Å². The van der Waals surface area contributed by atoms with E-state index in [4.69, 9.17) is 15.2 Å². The van der Waals surface area contributed by atoms with Gasteiger partial charge in [-0.2, -0.15) is 0 Å². The highest BCUT2D eigenvalue weighted by Gasteiger charge is 2.45. The Kier molecular flexibility index (Phi) is 22.6. The number of phenolic OH excluding ortho intramolecular Hbond substituents is 1. The van der Waals surface area contributed by atoms with Gasteiger partial charge in [-0.05, 0) is 92.5 Å². The first-order chi connectivity index (χ1) is 40.0. The molecule has 3 aliphatic heterocycles. The summed E-state index contributed by atoms with van der Waals surface area (Å²) in [6, 6.07) is 22.9. The van der Waals surface area contributed by atoms with Crippen molar-refractivity contribution < 1.29 is 38.9 Å². The Morgan fingerprint density at radius 1 is 0.819 bits per heavy atom. The number of para-hydroxylation sites is 1. The lowest BCUT2D eigenvalue weighted by Gasteiger charge is -2.35. The summed E-state index contributed by atoms with van der Waals surface area (Å²) in [4.78, 5) is 67.7. The van der Waals surface area contributed by atoms with E-state index in [1.807, 2.05) is 87.5 Å².